The molecule has 0 spiro atoms. The van der Waals surface area contributed by atoms with E-state index in [4.69, 9.17) is 0 Å². The summed E-state index contributed by atoms with van der Waals surface area (Å²) in [6, 6.07) is 12.3. The summed E-state index contributed by atoms with van der Waals surface area (Å²) in [5.41, 5.74) is 2.14. The van der Waals surface area contributed by atoms with Crippen LogP contribution >= 0.6 is 11.3 Å². The lowest BCUT2D eigenvalue weighted by Crippen LogP contribution is -2.19. The van der Waals surface area contributed by atoms with Gasteiger partial charge in [-0.3, -0.25) is 10.1 Å². The van der Waals surface area contributed by atoms with Crippen molar-refractivity contribution in [3.05, 3.63) is 64.9 Å². The molecule has 0 atom stereocenters. The molecule has 0 aliphatic heterocycles. The number of aryl methyl sites for hydroxylation is 1. The predicted octanol–water partition coefficient (Wildman–Crippen LogP) is 3.81. The molecule has 27 heavy (non-hydrogen) atoms. The van der Waals surface area contributed by atoms with Crippen LogP contribution in [0.25, 0.3) is 0 Å². The van der Waals surface area contributed by atoms with Crippen molar-refractivity contribution in [2.75, 3.05) is 16.0 Å². The number of benzene rings is 2. The summed E-state index contributed by atoms with van der Waals surface area (Å²) >= 11 is 1.10. The monoisotopic (exact) mass is 385 g/mol. The van der Waals surface area contributed by atoms with E-state index in [1.807, 2.05) is 31.2 Å². The second kappa shape index (κ2) is 8.37. The van der Waals surface area contributed by atoms with Crippen LogP contribution in [0.2, 0.25) is 0 Å². The highest BCUT2D eigenvalue weighted by atomic mass is 32.1. The molecule has 0 radical (unpaired) electrons. The summed E-state index contributed by atoms with van der Waals surface area (Å²) in [4.78, 5) is 24.1. The second-order valence-electron chi connectivity index (χ2n) is 5.63. The van der Waals surface area contributed by atoms with Gasteiger partial charge in [0.05, 0.1) is 6.42 Å². The van der Waals surface area contributed by atoms with Crippen LogP contribution in [0.5, 0.6) is 0 Å². The molecule has 0 aliphatic rings. The molecule has 3 amide bonds. The normalized spacial score (nSPS) is 10.3. The van der Waals surface area contributed by atoms with Gasteiger partial charge in [-0.15, -0.1) is 10.2 Å². The molecule has 138 valence electrons. The van der Waals surface area contributed by atoms with Gasteiger partial charge in [0.15, 0.2) is 0 Å². The van der Waals surface area contributed by atoms with E-state index < -0.39 is 11.8 Å². The molecular formula is C18H16FN5O2S. The average molecular weight is 385 g/mol. The Morgan fingerprint density at radius 1 is 1.00 bits per heavy atom. The quantitative estimate of drug-likeness (QED) is 0.622. The number of aromatic nitrogens is 2. The van der Waals surface area contributed by atoms with Crippen LogP contribution < -0.4 is 16.0 Å². The molecule has 9 heteroatoms. The van der Waals surface area contributed by atoms with E-state index in [-0.39, 0.29) is 17.5 Å². The third kappa shape index (κ3) is 5.32. The molecule has 0 aliphatic carbocycles. The van der Waals surface area contributed by atoms with Crippen molar-refractivity contribution in [2.45, 2.75) is 13.3 Å². The SMILES string of the molecule is Cc1ccccc1NC(=O)Cc1nnc(NC(=O)Nc2ccc(F)cc2)s1. The number of hydrogen-bond donors (Lipinski definition) is 3. The Bertz CT molecular complexity index is 958. The molecule has 1 aromatic heterocycles. The number of urea groups is 1. The number of carbonyl (C=O) groups is 2. The molecule has 0 bridgehead atoms. The Labute approximate surface area is 158 Å². The Kier molecular flexibility index (Phi) is 5.72. The maximum absolute atomic E-state index is 12.9. The molecule has 0 saturated heterocycles. The summed E-state index contributed by atoms with van der Waals surface area (Å²) in [5.74, 6) is -0.610. The zero-order valence-corrected chi connectivity index (χ0v) is 15.1. The Hall–Kier alpha value is -3.33. The molecule has 2 aromatic carbocycles. The summed E-state index contributed by atoms with van der Waals surface area (Å²) in [6.45, 7) is 1.91. The molecule has 0 saturated carbocycles. The third-order valence-corrected chi connectivity index (χ3v) is 4.36. The second-order valence-corrected chi connectivity index (χ2v) is 6.69. The Morgan fingerprint density at radius 3 is 2.48 bits per heavy atom. The van der Waals surface area contributed by atoms with Crippen molar-refractivity contribution in [3.8, 4) is 0 Å². The summed E-state index contributed by atoms with van der Waals surface area (Å²) in [5, 5.41) is 16.4. The average Bonchev–Trinajstić information content (AvgIpc) is 3.05. The van der Waals surface area contributed by atoms with E-state index >= 15 is 0 Å². The zero-order valence-electron chi connectivity index (χ0n) is 14.3. The first kappa shape index (κ1) is 18.5. The fourth-order valence-corrected chi connectivity index (χ4v) is 2.95. The van der Waals surface area contributed by atoms with Gasteiger partial charge in [0.2, 0.25) is 11.0 Å². The van der Waals surface area contributed by atoms with Crippen molar-refractivity contribution >= 4 is 39.8 Å². The first-order valence-corrected chi connectivity index (χ1v) is 8.83. The number of para-hydroxylation sites is 1. The molecule has 3 N–H and O–H groups in total. The number of rotatable bonds is 5. The standard InChI is InChI=1S/C18H16FN5O2S/c1-11-4-2-3-5-14(11)21-15(25)10-16-23-24-18(27-16)22-17(26)20-13-8-6-12(19)7-9-13/h2-9H,10H2,1H3,(H,21,25)(H2,20,22,24,26). The van der Waals surface area contributed by atoms with Crippen molar-refractivity contribution in [3.63, 3.8) is 0 Å². The fourth-order valence-electron chi connectivity index (χ4n) is 2.21. The number of halogens is 1. The largest absolute Gasteiger partial charge is 0.325 e. The van der Waals surface area contributed by atoms with Crippen LogP contribution in [0.1, 0.15) is 10.6 Å². The van der Waals surface area contributed by atoms with Crippen LogP contribution in [0.15, 0.2) is 48.5 Å². The van der Waals surface area contributed by atoms with Gasteiger partial charge in [0.1, 0.15) is 10.8 Å². The van der Waals surface area contributed by atoms with Crippen LogP contribution in [0.3, 0.4) is 0 Å². The van der Waals surface area contributed by atoms with Gasteiger partial charge in [-0.1, -0.05) is 29.5 Å². The molecule has 1 heterocycles. The van der Waals surface area contributed by atoms with E-state index in [9.17, 15) is 14.0 Å². The van der Waals surface area contributed by atoms with Crippen LogP contribution in [-0.4, -0.2) is 22.1 Å². The van der Waals surface area contributed by atoms with Crippen molar-refractivity contribution < 1.29 is 14.0 Å². The highest BCUT2D eigenvalue weighted by Gasteiger charge is 2.12. The van der Waals surface area contributed by atoms with Gasteiger partial charge in [-0.2, -0.15) is 0 Å². The minimum absolute atomic E-state index is 0.0489. The fraction of sp³-hybridized carbons (Fsp3) is 0.111. The summed E-state index contributed by atoms with van der Waals surface area (Å²) in [7, 11) is 0. The summed E-state index contributed by atoms with van der Waals surface area (Å²) in [6.07, 6.45) is 0.0489. The Balaban J connectivity index is 1.53. The highest BCUT2D eigenvalue weighted by Crippen LogP contribution is 2.18. The smallest absolute Gasteiger partial charge is 0.325 e. The van der Waals surface area contributed by atoms with Crippen molar-refractivity contribution in [1.82, 2.24) is 10.2 Å². The van der Waals surface area contributed by atoms with E-state index in [2.05, 4.69) is 26.1 Å². The molecule has 7 nitrogen and oxygen atoms in total. The Morgan fingerprint density at radius 2 is 1.74 bits per heavy atom. The lowest BCUT2D eigenvalue weighted by Gasteiger charge is -2.06. The van der Waals surface area contributed by atoms with Crippen molar-refractivity contribution in [2.24, 2.45) is 0 Å². The molecular weight excluding hydrogens is 369 g/mol. The van der Waals surface area contributed by atoms with E-state index in [1.165, 1.54) is 24.3 Å². The van der Waals surface area contributed by atoms with Gasteiger partial charge >= 0.3 is 6.03 Å². The number of nitrogens with one attached hydrogen (secondary N) is 3. The molecule has 3 rings (SSSR count). The van der Waals surface area contributed by atoms with Crippen LogP contribution in [0, 0.1) is 12.7 Å². The predicted molar refractivity (Wildman–Crippen MR) is 102 cm³/mol. The lowest BCUT2D eigenvalue weighted by atomic mass is 10.2. The maximum atomic E-state index is 12.9. The highest BCUT2D eigenvalue weighted by molar-refractivity contribution is 7.15. The van der Waals surface area contributed by atoms with Crippen LogP contribution in [-0.2, 0) is 11.2 Å². The minimum Gasteiger partial charge on any atom is -0.325 e. The molecule has 3 aromatic rings. The molecule has 0 fully saturated rings. The topological polar surface area (TPSA) is 96.0 Å². The number of nitrogens with zero attached hydrogens (tertiary/aromatic N) is 2. The number of hydrogen-bond acceptors (Lipinski definition) is 5. The number of amides is 3. The zero-order chi connectivity index (χ0) is 19.2. The van der Waals surface area contributed by atoms with Gasteiger partial charge in [0.25, 0.3) is 0 Å². The van der Waals surface area contributed by atoms with Gasteiger partial charge < -0.3 is 10.6 Å². The number of anilines is 3. The van der Waals surface area contributed by atoms with E-state index in [0.29, 0.717) is 10.7 Å². The lowest BCUT2D eigenvalue weighted by molar-refractivity contribution is -0.115. The minimum atomic E-state index is -0.534. The van der Waals surface area contributed by atoms with Gasteiger partial charge in [0, 0.05) is 11.4 Å². The van der Waals surface area contributed by atoms with Crippen LogP contribution in [0.4, 0.5) is 25.7 Å². The van der Waals surface area contributed by atoms with E-state index in [1.54, 1.807) is 0 Å². The third-order valence-electron chi connectivity index (χ3n) is 3.52. The maximum Gasteiger partial charge on any atom is 0.325 e. The first-order valence-electron chi connectivity index (χ1n) is 8.01. The number of carbonyl (C=O) groups excluding carboxylic acids is 2. The first-order chi connectivity index (χ1) is 13.0. The van der Waals surface area contributed by atoms with Gasteiger partial charge in [-0.25, -0.2) is 9.18 Å². The molecule has 0 unspecified atom stereocenters. The van der Waals surface area contributed by atoms with Gasteiger partial charge in [-0.05, 0) is 42.8 Å². The van der Waals surface area contributed by atoms with Crippen molar-refractivity contribution in [1.29, 1.82) is 0 Å². The summed E-state index contributed by atoms with van der Waals surface area (Å²) < 4.78 is 12.9. The van der Waals surface area contributed by atoms with E-state index in [0.717, 1.165) is 22.6 Å².